The van der Waals surface area contributed by atoms with E-state index >= 15 is 0 Å². The van der Waals surface area contributed by atoms with Gasteiger partial charge in [0.05, 0.1) is 11.0 Å². The number of benzene rings is 1. The highest BCUT2D eigenvalue weighted by molar-refractivity contribution is 5.81. The van der Waals surface area contributed by atoms with Gasteiger partial charge in [-0.3, -0.25) is 9.59 Å². The van der Waals surface area contributed by atoms with Crippen LogP contribution >= 0.6 is 0 Å². The van der Waals surface area contributed by atoms with Gasteiger partial charge in [-0.15, -0.1) is 0 Å². The molecule has 2 aliphatic heterocycles. The van der Waals surface area contributed by atoms with E-state index < -0.39 is 0 Å². The summed E-state index contributed by atoms with van der Waals surface area (Å²) in [6.45, 7) is 3.08. The Kier molecular flexibility index (Phi) is 4.17. The smallest absolute Gasteiger partial charge is 0.293 e. The molecule has 25 heavy (non-hydrogen) atoms. The molecular weight excluding hydrogens is 320 g/mol. The number of nitrogens with zero attached hydrogens (tertiary/aromatic N) is 4. The number of rotatable bonds is 2. The van der Waals surface area contributed by atoms with E-state index in [1.807, 2.05) is 34.1 Å². The number of para-hydroxylation sites is 2. The van der Waals surface area contributed by atoms with Crippen LogP contribution < -0.4 is 10.5 Å². The zero-order valence-electron chi connectivity index (χ0n) is 14.4. The Morgan fingerprint density at radius 3 is 2.68 bits per heavy atom. The lowest BCUT2D eigenvalue weighted by Gasteiger charge is -2.36. The summed E-state index contributed by atoms with van der Waals surface area (Å²) in [6, 6.07) is 7.63. The van der Waals surface area contributed by atoms with E-state index in [-0.39, 0.29) is 17.6 Å². The van der Waals surface area contributed by atoms with Crippen LogP contribution in [0.5, 0.6) is 0 Å². The van der Waals surface area contributed by atoms with E-state index in [0.29, 0.717) is 38.6 Å². The lowest BCUT2D eigenvalue weighted by Crippen LogP contribution is -2.52. The van der Waals surface area contributed by atoms with Crippen LogP contribution in [0.15, 0.2) is 29.1 Å². The molecule has 1 aromatic heterocycles. The number of aryl methyl sites for hydroxylation is 1. The number of hydrogen-bond donors (Lipinski definition) is 0. The predicted molar refractivity (Wildman–Crippen MR) is 94.8 cm³/mol. The third kappa shape index (κ3) is 2.89. The van der Waals surface area contributed by atoms with Crippen LogP contribution in [0.1, 0.15) is 12.8 Å². The van der Waals surface area contributed by atoms with E-state index in [9.17, 15) is 9.59 Å². The lowest BCUT2D eigenvalue weighted by atomic mass is 10.2. The molecule has 2 saturated heterocycles. The van der Waals surface area contributed by atoms with Gasteiger partial charge in [0.1, 0.15) is 6.10 Å². The lowest BCUT2D eigenvalue weighted by molar-refractivity contribution is -0.141. The second-order valence-corrected chi connectivity index (χ2v) is 6.60. The fraction of sp³-hybridized carbons (Fsp3) is 0.500. The molecule has 1 amide bonds. The maximum atomic E-state index is 12.7. The Morgan fingerprint density at radius 1 is 1.20 bits per heavy atom. The van der Waals surface area contributed by atoms with Crippen molar-refractivity contribution in [3.63, 3.8) is 0 Å². The summed E-state index contributed by atoms with van der Waals surface area (Å²) >= 11 is 0. The Hall–Kier alpha value is -2.41. The van der Waals surface area contributed by atoms with Crippen molar-refractivity contribution >= 4 is 22.8 Å². The Morgan fingerprint density at radius 2 is 1.96 bits per heavy atom. The number of piperazine rings is 1. The second kappa shape index (κ2) is 6.48. The molecule has 4 rings (SSSR count). The van der Waals surface area contributed by atoms with Crippen LogP contribution in [-0.2, 0) is 16.6 Å². The molecule has 2 fully saturated rings. The van der Waals surface area contributed by atoms with Crippen molar-refractivity contribution in [2.24, 2.45) is 7.05 Å². The van der Waals surface area contributed by atoms with Crippen molar-refractivity contribution in [2.75, 3.05) is 37.7 Å². The molecule has 132 valence electrons. The molecule has 0 spiro atoms. The normalized spacial score (nSPS) is 21.1. The largest absolute Gasteiger partial charge is 0.368 e. The third-order valence-corrected chi connectivity index (χ3v) is 5.06. The monoisotopic (exact) mass is 342 g/mol. The second-order valence-electron chi connectivity index (χ2n) is 6.60. The minimum Gasteiger partial charge on any atom is -0.368 e. The van der Waals surface area contributed by atoms with Crippen molar-refractivity contribution in [3.05, 3.63) is 34.6 Å². The third-order valence-electron chi connectivity index (χ3n) is 5.06. The highest BCUT2D eigenvalue weighted by atomic mass is 16.5. The van der Waals surface area contributed by atoms with Crippen molar-refractivity contribution in [1.82, 2.24) is 14.5 Å². The fourth-order valence-electron chi connectivity index (χ4n) is 3.58. The molecule has 1 aromatic carbocycles. The van der Waals surface area contributed by atoms with Crippen molar-refractivity contribution < 1.29 is 9.53 Å². The first-order valence-electron chi connectivity index (χ1n) is 8.76. The molecule has 2 aromatic rings. The zero-order valence-corrected chi connectivity index (χ0v) is 14.4. The van der Waals surface area contributed by atoms with Crippen LogP contribution in [0.2, 0.25) is 0 Å². The zero-order chi connectivity index (χ0) is 17.4. The van der Waals surface area contributed by atoms with Crippen LogP contribution in [0.3, 0.4) is 0 Å². The highest BCUT2D eigenvalue weighted by Gasteiger charge is 2.31. The van der Waals surface area contributed by atoms with Crippen LogP contribution in [0.25, 0.3) is 11.0 Å². The SMILES string of the molecule is Cn1c(=O)c(N2CCN(C(=O)[C@@H]3CCCO3)CC2)nc2ccccc21. The minimum atomic E-state index is -0.279. The summed E-state index contributed by atoms with van der Waals surface area (Å²) in [7, 11) is 1.77. The number of fused-ring (bicyclic) bond motifs is 1. The van der Waals surface area contributed by atoms with Crippen LogP contribution in [0, 0.1) is 0 Å². The van der Waals surface area contributed by atoms with Gasteiger partial charge in [-0.2, -0.15) is 0 Å². The van der Waals surface area contributed by atoms with Gasteiger partial charge >= 0.3 is 0 Å². The predicted octanol–water partition coefficient (Wildman–Crippen LogP) is 0.761. The van der Waals surface area contributed by atoms with Gasteiger partial charge < -0.3 is 19.1 Å². The van der Waals surface area contributed by atoms with Crippen LogP contribution in [0.4, 0.5) is 5.82 Å². The summed E-state index contributed by atoms with van der Waals surface area (Å²) in [5, 5.41) is 0. The molecular formula is C18H22N4O3. The number of aromatic nitrogens is 2. The van der Waals surface area contributed by atoms with E-state index in [2.05, 4.69) is 4.98 Å². The molecule has 0 radical (unpaired) electrons. The molecule has 7 nitrogen and oxygen atoms in total. The van der Waals surface area contributed by atoms with Crippen LogP contribution in [-0.4, -0.2) is 59.2 Å². The molecule has 0 saturated carbocycles. The van der Waals surface area contributed by atoms with Crippen molar-refractivity contribution in [1.29, 1.82) is 0 Å². The molecule has 7 heteroatoms. The summed E-state index contributed by atoms with van der Waals surface area (Å²) in [5.74, 6) is 0.543. The standard InChI is InChI=1S/C18H22N4O3/c1-20-14-6-3-2-5-13(14)19-16(18(20)24)21-8-10-22(11-9-21)17(23)15-7-4-12-25-15/h2-3,5-6,15H,4,7-12H2,1H3/t15-/m0/s1. The average molecular weight is 342 g/mol. The minimum absolute atomic E-state index is 0.0801. The molecule has 0 N–H and O–H groups in total. The molecule has 0 bridgehead atoms. The number of ether oxygens (including phenoxy) is 1. The van der Waals surface area contributed by atoms with Gasteiger partial charge in [0, 0.05) is 39.8 Å². The average Bonchev–Trinajstić information content (AvgIpc) is 3.19. The van der Waals surface area contributed by atoms with Gasteiger partial charge in [0.15, 0.2) is 5.82 Å². The van der Waals surface area contributed by atoms with Gasteiger partial charge in [-0.25, -0.2) is 4.98 Å². The highest BCUT2D eigenvalue weighted by Crippen LogP contribution is 2.18. The maximum Gasteiger partial charge on any atom is 0.293 e. The molecule has 3 heterocycles. The van der Waals surface area contributed by atoms with Gasteiger partial charge in [0.2, 0.25) is 0 Å². The Labute approximate surface area is 145 Å². The van der Waals surface area contributed by atoms with E-state index in [4.69, 9.17) is 4.74 Å². The molecule has 1 atom stereocenters. The fourth-order valence-corrected chi connectivity index (χ4v) is 3.58. The van der Waals surface area contributed by atoms with Crippen molar-refractivity contribution in [2.45, 2.75) is 18.9 Å². The molecule has 0 aliphatic carbocycles. The van der Waals surface area contributed by atoms with Gasteiger partial charge in [0.25, 0.3) is 11.5 Å². The van der Waals surface area contributed by atoms with E-state index in [1.165, 1.54) is 0 Å². The Balaban J connectivity index is 1.53. The molecule has 2 aliphatic rings. The summed E-state index contributed by atoms with van der Waals surface area (Å²) < 4.78 is 7.13. The number of anilines is 1. The maximum absolute atomic E-state index is 12.7. The first-order valence-corrected chi connectivity index (χ1v) is 8.76. The van der Waals surface area contributed by atoms with Crippen molar-refractivity contribution in [3.8, 4) is 0 Å². The van der Waals surface area contributed by atoms with E-state index in [0.717, 1.165) is 23.9 Å². The summed E-state index contributed by atoms with van der Waals surface area (Å²) in [4.78, 5) is 33.5. The van der Waals surface area contributed by atoms with Gasteiger partial charge in [-0.1, -0.05) is 12.1 Å². The van der Waals surface area contributed by atoms with Gasteiger partial charge in [-0.05, 0) is 25.0 Å². The summed E-state index contributed by atoms with van der Waals surface area (Å²) in [5.41, 5.74) is 1.53. The first kappa shape index (κ1) is 16.1. The Bertz CT molecular complexity index is 849. The molecule has 0 unspecified atom stereocenters. The first-order chi connectivity index (χ1) is 12.1. The summed E-state index contributed by atoms with van der Waals surface area (Å²) in [6.07, 6.45) is 1.48. The quantitative estimate of drug-likeness (QED) is 0.806. The topological polar surface area (TPSA) is 67.7 Å². The van der Waals surface area contributed by atoms with E-state index in [1.54, 1.807) is 11.6 Å². The number of amides is 1. The number of carbonyl (C=O) groups excluding carboxylic acids is 1. The number of hydrogen-bond acceptors (Lipinski definition) is 5. The number of carbonyl (C=O) groups is 1.